The molecule has 0 spiro atoms. The maximum absolute atomic E-state index is 13.1. The van der Waals surface area contributed by atoms with E-state index in [1.165, 1.54) is 6.20 Å². The van der Waals surface area contributed by atoms with Crippen LogP contribution in [-0.2, 0) is 0 Å². The lowest BCUT2D eigenvalue weighted by molar-refractivity contribution is 0.183. The molecule has 0 atom stereocenters. The van der Waals surface area contributed by atoms with Crippen LogP contribution in [0.25, 0.3) is 16.6 Å². The van der Waals surface area contributed by atoms with E-state index in [9.17, 15) is 8.78 Å². The summed E-state index contributed by atoms with van der Waals surface area (Å²) in [7, 11) is 2.12. The molecule has 0 amide bonds. The highest BCUT2D eigenvalue weighted by Crippen LogP contribution is 2.27. The van der Waals surface area contributed by atoms with Gasteiger partial charge < -0.3 is 31.2 Å². The van der Waals surface area contributed by atoms with E-state index in [0.717, 1.165) is 60.4 Å². The van der Waals surface area contributed by atoms with Gasteiger partial charge in [-0.2, -0.15) is 4.98 Å². The fraction of sp³-hybridized carbons (Fsp3) is 0.320. The summed E-state index contributed by atoms with van der Waals surface area (Å²) in [5.41, 5.74) is 8.79. The lowest BCUT2D eigenvalue weighted by Crippen LogP contribution is -2.44. The average Bonchev–Trinajstić information content (AvgIpc) is 3.27. The number of hydrogen-bond acceptors (Lipinski definition) is 8. The second-order valence-electron chi connectivity index (χ2n) is 8.87. The molecular formula is C25H31F2N9. The van der Waals surface area contributed by atoms with E-state index in [2.05, 4.69) is 47.4 Å². The van der Waals surface area contributed by atoms with Gasteiger partial charge in [-0.1, -0.05) is 11.6 Å². The maximum Gasteiger partial charge on any atom is 0.279 e. The predicted octanol–water partition coefficient (Wildman–Crippen LogP) is 3.81. The molecule has 11 heteroatoms. The highest BCUT2D eigenvalue weighted by molar-refractivity contribution is 5.93. The van der Waals surface area contributed by atoms with Crippen molar-refractivity contribution in [1.82, 2.24) is 30.2 Å². The molecule has 0 aromatic carbocycles. The molecule has 4 heterocycles. The molecule has 4 rings (SSSR count). The largest absolute Gasteiger partial charge is 0.403 e. The van der Waals surface area contributed by atoms with Gasteiger partial charge in [-0.15, -0.1) is 0 Å². The van der Waals surface area contributed by atoms with Gasteiger partial charge in [0.1, 0.15) is 11.5 Å². The van der Waals surface area contributed by atoms with Crippen LogP contribution in [0.2, 0.25) is 0 Å². The number of nitrogens with zero attached hydrogens (tertiary/aromatic N) is 5. The number of aromatic nitrogens is 4. The Kier molecular flexibility index (Phi) is 7.79. The van der Waals surface area contributed by atoms with Crippen molar-refractivity contribution in [3.63, 3.8) is 0 Å². The van der Waals surface area contributed by atoms with Crippen LogP contribution >= 0.6 is 0 Å². The van der Waals surface area contributed by atoms with E-state index in [1.807, 2.05) is 32.1 Å². The van der Waals surface area contributed by atoms with Crippen molar-refractivity contribution in [2.75, 3.05) is 43.4 Å². The first-order valence-electron chi connectivity index (χ1n) is 11.7. The van der Waals surface area contributed by atoms with E-state index < -0.39 is 6.43 Å². The number of pyridine rings is 1. The van der Waals surface area contributed by atoms with Crippen LogP contribution in [0.5, 0.6) is 0 Å². The fourth-order valence-electron chi connectivity index (χ4n) is 3.87. The first-order chi connectivity index (χ1) is 17.3. The standard InChI is InChI=1S/C25H31F2N9/c1-16(2)10-17(12-29-21(11-28)23(26)27)19-14-31-24-20(19)15-32-25(34-24)33-18-4-5-22(30-13-18)36-8-6-35(3)7-9-36/h4-5,10-15,23,29H,6-9,28H2,1-3H3,(H2,31,32,33,34)/b17-12+,21-11-. The molecule has 3 aromatic rings. The second-order valence-corrected chi connectivity index (χ2v) is 8.87. The molecular weight excluding hydrogens is 464 g/mol. The summed E-state index contributed by atoms with van der Waals surface area (Å²) in [4.78, 5) is 21.3. The van der Waals surface area contributed by atoms with Crippen molar-refractivity contribution in [3.8, 4) is 0 Å². The molecule has 0 saturated carbocycles. The van der Waals surface area contributed by atoms with Crippen molar-refractivity contribution in [2.45, 2.75) is 20.3 Å². The Balaban J connectivity index is 1.52. The number of nitrogens with one attached hydrogen (secondary N) is 3. The first-order valence-corrected chi connectivity index (χ1v) is 11.7. The van der Waals surface area contributed by atoms with Crippen LogP contribution in [0.3, 0.4) is 0 Å². The summed E-state index contributed by atoms with van der Waals surface area (Å²) in [5, 5.41) is 6.54. The highest BCUT2D eigenvalue weighted by atomic mass is 19.3. The van der Waals surface area contributed by atoms with Gasteiger partial charge in [-0.05, 0) is 38.6 Å². The lowest BCUT2D eigenvalue weighted by atomic mass is 10.1. The second kappa shape index (κ2) is 11.2. The van der Waals surface area contributed by atoms with Gasteiger partial charge in [-0.25, -0.2) is 18.7 Å². The topological polar surface area (TPSA) is 111 Å². The van der Waals surface area contributed by atoms with Gasteiger partial charge in [0.15, 0.2) is 0 Å². The lowest BCUT2D eigenvalue weighted by Gasteiger charge is -2.33. The van der Waals surface area contributed by atoms with E-state index >= 15 is 0 Å². The summed E-state index contributed by atoms with van der Waals surface area (Å²) in [6.07, 6.45) is 6.79. The third-order valence-corrected chi connectivity index (χ3v) is 5.83. The van der Waals surface area contributed by atoms with Gasteiger partial charge in [-0.3, -0.25) is 0 Å². The number of rotatable bonds is 8. The zero-order valence-corrected chi connectivity index (χ0v) is 20.6. The molecule has 5 N–H and O–H groups in total. The minimum absolute atomic E-state index is 0.371. The number of fused-ring (bicyclic) bond motifs is 1. The van der Waals surface area contributed by atoms with Crippen molar-refractivity contribution in [1.29, 1.82) is 0 Å². The van der Waals surface area contributed by atoms with Crippen molar-refractivity contribution in [3.05, 3.63) is 66.0 Å². The van der Waals surface area contributed by atoms with E-state index in [1.54, 1.807) is 18.6 Å². The van der Waals surface area contributed by atoms with Gasteiger partial charge >= 0.3 is 0 Å². The summed E-state index contributed by atoms with van der Waals surface area (Å²) in [5.74, 6) is 1.37. The van der Waals surface area contributed by atoms with Crippen LogP contribution in [-0.4, -0.2) is 64.5 Å². The Hall–Kier alpha value is -3.99. The first kappa shape index (κ1) is 25.1. The van der Waals surface area contributed by atoms with Crippen LogP contribution in [0.4, 0.5) is 26.2 Å². The van der Waals surface area contributed by atoms with Crippen LogP contribution in [0.1, 0.15) is 19.4 Å². The Labute approximate surface area is 208 Å². The molecule has 1 fully saturated rings. The smallest absolute Gasteiger partial charge is 0.279 e. The molecule has 0 bridgehead atoms. The molecule has 1 saturated heterocycles. The zero-order chi connectivity index (χ0) is 25.7. The quantitative estimate of drug-likeness (QED) is 0.349. The highest BCUT2D eigenvalue weighted by Gasteiger charge is 2.16. The summed E-state index contributed by atoms with van der Waals surface area (Å²) in [6.45, 7) is 7.80. The van der Waals surface area contributed by atoms with Crippen LogP contribution in [0, 0.1) is 0 Å². The molecule has 1 aliphatic heterocycles. The Morgan fingerprint density at radius 3 is 2.56 bits per heavy atom. The fourth-order valence-corrected chi connectivity index (χ4v) is 3.87. The SMILES string of the molecule is CC(C)=C/C(=C\N/C(=C\N)C(F)F)c1c[nH]c2nc(Nc3ccc(N4CCN(C)CC4)nc3)ncc12. The molecule has 3 aromatic heterocycles. The maximum atomic E-state index is 13.1. The molecule has 190 valence electrons. The molecule has 0 aliphatic carbocycles. The summed E-state index contributed by atoms with van der Waals surface area (Å²) < 4.78 is 26.1. The number of anilines is 3. The summed E-state index contributed by atoms with van der Waals surface area (Å²) in [6, 6.07) is 3.95. The van der Waals surface area contributed by atoms with E-state index in [0.29, 0.717) is 17.2 Å². The number of hydrogen-bond donors (Lipinski definition) is 4. The predicted molar refractivity (Wildman–Crippen MR) is 140 cm³/mol. The monoisotopic (exact) mass is 495 g/mol. The zero-order valence-electron chi connectivity index (χ0n) is 20.6. The minimum Gasteiger partial charge on any atom is -0.403 e. The third kappa shape index (κ3) is 5.98. The van der Waals surface area contributed by atoms with Crippen molar-refractivity contribution in [2.24, 2.45) is 5.73 Å². The van der Waals surface area contributed by atoms with Crippen molar-refractivity contribution < 1.29 is 8.78 Å². The van der Waals surface area contributed by atoms with E-state index in [-0.39, 0.29) is 5.70 Å². The number of nitrogens with two attached hydrogens (primary N) is 1. The third-order valence-electron chi connectivity index (χ3n) is 5.83. The molecule has 0 unspecified atom stereocenters. The molecule has 9 nitrogen and oxygen atoms in total. The number of halogens is 2. The minimum atomic E-state index is -2.70. The van der Waals surface area contributed by atoms with E-state index in [4.69, 9.17) is 5.73 Å². The number of aromatic amines is 1. The Bertz CT molecular complexity index is 1270. The average molecular weight is 496 g/mol. The Morgan fingerprint density at radius 1 is 1.14 bits per heavy atom. The number of likely N-dealkylation sites (N-methyl/N-ethyl adjacent to an activating group) is 1. The number of piperazine rings is 1. The van der Waals surface area contributed by atoms with Gasteiger partial charge in [0, 0.05) is 61.9 Å². The van der Waals surface area contributed by atoms with Gasteiger partial charge in [0.2, 0.25) is 5.95 Å². The van der Waals surface area contributed by atoms with Crippen LogP contribution in [0.15, 0.2) is 60.5 Å². The van der Waals surface area contributed by atoms with Gasteiger partial charge in [0.05, 0.1) is 17.6 Å². The van der Waals surface area contributed by atoms with Crippen LogP contribution < -0.4 is 21.3 Å². The number of allylic oxidation sites excluding steroid dienone is 4. The van der Waals surface area contributed by atoms with Gasteiger partial charge in [0.25, 0.3) is 6.43 Å². The normalized spacial score (nSPS) is 15.4. The molecule has 36 heavy (non-hydrogen) atoms. The number of alkyl halides is 2. The van der Waals surface area contributed by atoms with Crippen molar-refractivity contribution >= 4 is 34.1 Å². The Morgan fingerprint density at radius 2 is 1.92 bits per heavy atom. The molecule has 0 radical (unpaired) electrons. The number of H-pyrrole nitrogens is 1. The summed E-state index contributed by atoms with van der Waals surface area (Å²) >= 11 is 0. The molecule has 1 aliphatic rings.